The van der Waals surface area contributed by atoms with E-state index in [9.17, 15) is 34.8 Å². The molecule has 1 aromatic carbocycles. The van der Waals surface area contributed by atoms with E-state index in [-0.39, 0.29) is 42.1 Å². The summed E-state index contributed by atoms with van der Waals surface area (Å²) in [6, 6.07) is 1.98. The van der Waals surface area contributed by atoms with Gasteiger partial charge in [0.2, 0.25) is 5.78 Å². The second-order valence-corrected chi connectivity index (χ2v) is 9.53. The average Bonchev–Trinajstić information content (AvgIpc) is 2.77. The van der Waals surface area contributed by atoms with Gasteiger partial charge in [0.15, 0.2) is 11.4 Å². The van der Waals surface area contributed by atoms with Crippen molar-refractivity contribution < 1.29 is 39.6 Å². The normalized spacial score (nSPS) is 27.6. The van der Waals surface area contributed by atoms with Gasteiger partial charge < -0.3 is 31.0 Å². The smallest absolute Gasteiger partial charge is 0.255 e. The van der Waals surface area contributed by atoms with Crippen LogP contribution in [0.1, 0.15) is 23.1 Å². The third-order valence-corrected chi connectivity index (χ3v) is 7.41. The highest BCUT2D eigenvalue weighted by atomic mass is 35.5. The Labute approximate surface area is 213 Å². The maximum absolute atomic E-state index is 13.8. The van der Waals surface area contributed by atoms with Crippen LogP contribution in [-0.2, 0) is 32.2 Å². The molecule has 3 aliphatic carbocycles. The molecule has 0 spiro atoms. The Morgan fingerprint density at radius 3 is 2.39 bits per heavy atom. The number of primary amides is 1. The highest BCUT2D eigenvalue weighted by Crippen LogP contribution is 2.52. The number of aromatic hydroxyl groups is 1. The summed E-state index contributed by atoms with van der Waals surface area (Å²) in [5, 5.41) is 45.7. The summed E-state index contributed by atoms with van der Waals surface area (Å²) >= 11 is 0. The minimum atomic E-state index is -2.64. The zero-order chi connectivity index (χ0) is 26.0. The van der Waals surface area contributed by atoms with Gasteiger partial charge in [-0.15, -0.1) is 12.4 Å². The number of fused-ring (bicyclic) bond motifs is 3. The number of phenols is 1. The molecule has 1 amide bonds. The number of ketones is 2. The van der Waals surface area contributed by atoms with Crippen molar-refractivity contribution in [1.82, 2.24) is 9.96 Å². The lowest BCUT2D eigenvalue weighted by atomic mass is 9.57. The van der Waals surface area contributed by atoms with Crippen LogP contribution in [0.4, 0.5) is 0 Å². The molecule has 196 valence electrons. The molecule has 0 heterocycles. The van der Waals surface area contributed by atoms with Crippen LogP contribution in [-0.4, -0.2) is 87.8 Å². The number of hydrogen-bond acceptors (Lipinski definition) is 10. The minimum absolute atomic E-state index is 0. The number of halogens is 1. The minimum Gasteiger partial charge on any atom is -0.508 e. The molecule has 1 fully saturated rings. The van der Waals surface area contributed by atoms with Gasteiger partial charge in [0.25, 0.3) is 5.91 Å². The number of aliphatic hydroxyl groups is 3. The number of phenolic OH excluding ortho intramolecular Hbond substituents is 1. The topological polar surface area (TPSA) is 174 Å². The number of Topliss-reactive ketones (excluding diaryl/α,β-unsaturated/α-hetero) is 2. The fourth-order valence-corrected chi connectivity index (χ4v) is 5.76. The SMILES string of the molecule is CON(C)Cc1ccc(O)c2c1CC1CC3C(N(C)C)C(=O)C(C(N)=O)=C(O)C3(O)C(=O)C1=C2O.Cl. The fraction of sp³-hybridized carbons (Fsp3) is 0.458. The predicted octanol–water partition coefficient (Wildman–Crippen LogP) is 0.379. The number of hydroxylamine groups is 2. The molecule has 1 aromatic rings. The molecule has 11 nitrogen and oxygen atoms in total. The van der Waals surface area contributed by atoms with Crippen molar-refractivity contribution >= 4 is 35.6 Å². The summed E-state index contributed by atoms with van der Waals surface area (Å²) < 4.78 is 0. The number of nitrogens with zero attached hydrogens (tertiary/aromatic N) is 2. The Balaban J connectivity index is 0.00000361. The van der Waals surface area contributed by atoms with Gasteiger partial charge in [0, 0.05) is 25.1 Å². The van der Waals surface area contributed by atoms with E-state index in [2.05, 4.69) is 0 Å². The number of benzene rings is 1. The molecule has 0 bridgehead atoms. The van der Waals surface area contributed by atoms with E-state index in [1.54, 1.807) is 32.3 Å². The first-order chi connectivity index (χ1) is 16.4. The van der Waals surface area contributed by atoms with E-state index in [0.717, 1.165) is 5.56 Å². The molecule has 12 heteroatoms. The number of carbonyl (C=O) groups excluding carboxylic acids is 3. The van der Waals surface area contributed by atoms with E-state index >= 15 is 0 Å². The van der Waals surface area contributed by atoms with Crippen molar-refractivity contribution in [3.63, 3.8) is 0 Å². The van der Waals surface area contributed by atoms with Gasteiger partial charge in [-0.2, -0.15) is 5.06 Å². The van der Waals surface area contributed by atoms with Gasteiger partial charge >= 0.3 is 0 Å². The van der Waals surface area contributed by atoms with E-state index in [4.69, 9.17) is 10.6 Å². The monoisotopic (exact) mass is 523 g/mol. The maximum atomic E-state index is 13.8. The number of carbonyl (C=O) groups is 3. The van der Waals surface area contributed by atoms with Crippen LogP contribution in [0.25, 0.3) is 5.76 Å². The van der Waals surface area contributed by atoms with Crippen molar-refractivity contribution in [3.8, 4) is 5.75 Å². The molecule has 4 rings (SSSR count). The van der Waals surface area contributed by atoms with Crippen LogP contribution in [0.2, 0.25) is 0 Å². The van der Waals surface area contributed by atoms with Crippen LogP contribution >= 0.6 is 12.4 Å². The molecule has 0 radical (unpaired) electrons. The largest absolute Gasteiger partial charge is 0.508 e. The van der Waals surface area contributed by atoms with E-state index in [0.29, 0.717) is 12.1 Å². The predicted molar refractivity (Wildman–Crippen MR) is 130 cm³/mol. The first-order valence-corrected chi connectivity index (χ1v) is 11.1. The van der Waals surface area contributed by atoms with Crippen molar-refractivity contribution in [1.29, 1.82) is 0 Å². The van der Waals surface area contributed by atoms with E-state index < -0.39 is 58.0 Å². The summed E-state index contributed by atoms with van der Waals surface area (Å²) in [5.74, 6) is -6.68. The Morgan fingerprint density at radius 2 is 1.83 bits per heavy atom. The van der Waals surface area contributed by atoms with Gasteiger partial charge in [-0.05, 0) is 50.0 Å². The van der Waals surface area contributed by atoms with Gasteiger partial charge in [-0.1, -0.05) is 6.07 Å². The summed E-state index contributed by atoms with van der Waals surface area (Å²) in [7, 11) is 6.34. The van der Waals surface area contributed by atoms with Crippen LogP contribution < -0.4 is 5.73 Å². The van der Waals surface area contributed by atoms with Crippen molar-refractivity contribution in [2.24, 2.45) is 17.6 Å². The maximum Gasteiger partial charge on any atom is 0.255 e. The highest BCUT2D eigenvalue weighted by Gasteiger charge is 2.64. The Morgan fingerprint density at radius 1 is 1.19 bits per heavy atom. The van der Waals surface area contributed by atoms with Gasteiger partial charge in [-0.25, -0.2) is 0 Å². The average molecular weight is 524 g/mol. The molecule has 0 aliphatic heterocycles. The molecule has 3 aliphatic rings. The Hall–Kier alpha value is -2.96. The van der Waals surface area contributed by atoms with Crippen molar-refractivity contribution in [3.05, 3.63) is 45.7 Å². The molecule has 4 atom stereocenters. The second kappa shape index (κ2) is 9.49. The van der Waals surface area contributed by atoms with E-state index in [1.807, 2.05) is 0 Å². The lowest BCUT2D eigenvalue weighted by molar-refractivity contribution is -0.153. The zero-order valence-electron chi connectivity index (χ0n) is 20.3. The van der Waals surface area contributed by atoms with Crippen LogP contribution in [0, 0.1) is 11.8 Å². The lowest BCUT2D eigenvalue weighted by Crippen LogP contribution is -2.65. The van der Waals surface area contributed by atoms with Gasteiger partial charge in [0.1, 0.15) is 22.8 Å². The number of rotatable bonds is 5. The molecule has 1 saturated carbocycles. The van der Waals surface area contributed by atoms with Gasteiger partial charge in [-0.3, -0.25) is 19.3 Å². The number of likely N-dealkylation sites (N-methyl/N-ethyl adjacent to an activating group) is 1. The summed E-state index contributed by atoms with van der Waals surface area (Å²) in [5.41, 5.74) is 3.09. The summed E-state index contributed by atoms with van der Waals surface area (Å²) in [6.07, 6.45) is 0.275. The molecule has 4 unspecified atom stereocenters. The highest BCUT2D eigenvalue weighted by molar-refractivity contribution is 6.24. The molecular weight excluding hydrogens is 494 g/mol. The summed E-state index contributed by atoms with van der Waals surface area (Å²) in [6.45, 7) is 0.333. The van der Waals surface area contributed by atoms with Crippen molar-refractivity contribution in [2.75, 3.05) is 28.3 Å². The number of nitrogens with two attached hydrogens (primary N) is 1. The van der Waals surface area contributed by atoms with Crippen LogP contribution in [0.5, 0.6) is 5.75 Å². The molecular formula is C24H30ClN3O8. The third-order valence-electron chi connectivity index (χ3n) is 7.41. The number of amides is 1. The first-order valence-electron chi connectivity index (χ1n) is 11.1. The van der Waals surface area contributed by atoms with Crippen LogP contribution in [0.15, 0.2) is 29.0 Å². The summed E-state index contributed by atoms with van der Waals surface area (Å²) in [4.78, 5) is 45.5. The molecule has 0 saturated heterocycles. The number of aliphatic hydroxyl groups excluding tert-OH is 2. The number of hydrogen-bond donors (Lipinski definition) is 5. The second-order valence-electron chi connectivity index (χ2n) is 9.53. The fourth-order valence-electron chi connectivity index (χ4n) is 5.76. The van der Waals surface area contributed by atoms with Crippen LogP contribution in [0.3, 0.4) is 0 Å². The lowest BCUT2D eigenvalue weighted by Gasteiger charge is -2.50. The Kier molecular flexibility index (Phi) is 7.28. The quantitative estimate of drug-likeness (QED) is 0.268. The molecule has 0 aromatic heterocycles. The van der Waals surface area contributed by atoms with E-state index in [1.165, 1.54) is 18.1 Å². The molecule has 36 heavy (non-hydrogen) atoms. The third kappa shape index (κ3) is 3.78. The van der Waals surface area contributed by atoms with Gasteiger partial charge in [0.05, 0.1) is 18.7 Å². The van der Waals surface area contributed by atoms with Crippen molar-refractivity contribution in [2.45, 2.75) is 31.0 Å². The molecule has 6 N–H and O–H groups in total. The Bertz CT molecular complexity index is 1210. The zero-order valence-corrected chi connectivity index (χ0v) is 21.1. The standard InChI is InChI=1S/C24H29N3O8.ClH/c1-26(2)18-13-8-11-7-12-10(9-27(3)35-4)5-6-14(28)16(12)19(29)15(11)21(31)24(13,34)22(32)17(20(18)30)23(25)33;/h5-6,11,13,18,28-29,32,34H,7-9H2,1-4H3,(H2,25,33);1H. The first kappa shape index (κ1) is 27.6.